The average Bonchev–Trinajstić information content (AvgIpc) is 3.37. The van der Waals surface area contributed by atoms with Crippen LogP contribution in [0.4, 0.5) is 0 Å². The van der Waals surface area contributed by atoms with Gasteiger partial charge in [0.25, 0.3) is 5.91 Å². The number of rotatable bonds is 3. The zero-order valence-corrected chi connectivity index (χ0v) is 21.6. The molecule has 2 amide bonds. The van der Waals surface area contributed by atoms with Crippen LogP contribution in [0.3, 0.4) is 0 Å². The van der Waals surface area contributed by atoms with E-state index in [0.717, 1.165) is 0 Å². The fourth-order valence-electron chi connectivity index (χ4n) is 4.70. The van der Waals surface area contributed by atoms with Gasteiger partial charge in [-0.05, 0) is 47.6 Å². The first-order chi connectivity index (χ1) is 17.0. The van der Waals surface area contributed by atoms with Crippen molar-refractivity contribution in [3.8, 4) is 28.7 Å². The molecule has 36 heavy (non-hydrogen) atoms. The van der Waals surface area contributed by atoms with Gasteiger partial charge in [-0.15, -0.1) is 0 Å². The number of hydrogen-bond donors (Lipinski definition) is 0. The number of piperazine rings is 1. The lowest BCUT2D eigenvalue weighted by atomic mass is 10.0. The largest absolute Gasteiger partial charge is 0.489 e. The number of pyridine rings is 1. The first kappa shape index (κ1) is 24.0. The van der Waals surface area contributed by atoms with E-state index in [-0.39, 0.29) is 35.6 Å². The molecule has 190 valence electrons. The minimum Gasteiger partial charge on any atom is -0.489 e. The molecule has 0 atom stereocenters. The summed E-state index contributed by atoms with van der Waals surface area (Å²) in [4.78, 5) is 43.3. The summed E-state index contributed by atoms with van der Waals surface area (Å²) in [6.45, 7) is 14.0. The van der Waals surface area contributed by atoms with Crippen molar-refractivity contribution in [1.82, 2.24) is 39.1 Å². The summed E-state index contributed by atoms with van der Waals surface area (Å²) in [6, 6.07) is 1.85. The Morgan fingerprint density at radius 3 is 2.58 bits per heavy atom. The number of amides is 2. The minimum atomic E-state index is -0.280. The molecule has 0 spiro atoms. The summed E-state index contributed by atoms with van der Waals surface area (Å²) in [5, 5.41) is 4.51. The van der Waals surface area contributed by atoms with Crippen molar-refractivity contribution >= 4 is 11.8 Å². The Hall–Kier alpha value is -3.76. The van der Waals surface area contributed by atoms with Gasteiger partial charge < -0.3 is 19.1 Å². The molecular formula is C25H32N8O3. The van der Waals surface area contributed by atoms with Crippen LogP contribution < -0.4 is 4.74 Å². The van der Waals surface area contributed by atoms with Crippen LogP contribution in [0.1, 0.15) is 57.0 Å². The molecule has 0 aliphatic carbocycles. The predicted molar refractivity (Wildman–Crippen MR) is 132 cm³/mol. The summed E-state index contributed by atoms with van der Waals surface area (Å²) >= 11 is 0. The van der Waals surface area contributed by atoms with E-state index in [9.17, 15) is 9.59 Å². The molecular weight excluding hydrogens is 460 g/mol. The van der Waals surface area contributed by atoms with E-state index in [4.69, 9.17) is 9.72 Å². The Bertz CT molecular complexity index is 1330. The molecule has 0 N–H and O–H groups in total. The lowest BCUT2D eigenvalue weighted by Crippen LogP contribution is -2.58. The Morgan fingerprint density at radius 1 is 1.11 bits per heavy atom. The zero-order chi connectivity index (χ0) is 25.8. The molecule has 3 aromatic heterocycles. The molecule has 3 aromatic rings. The maximum absolute atomic E-state index is 13.3. The number of ether oxygens (including phenoxy) is 1. The van der Waals surface area contributed by atoms with Crippen molar-refractivity contribution < 1.29 is 14.3 Å². The third-order valence-corrected chi connectivity index (χ3v) is 6.47. The SMILES string of the molecule is Cc1nc(-c2cn3c(n2)-c2cc(C(=O)N4CCN(C(C)(C)C)C(=O)C4)ncc2OCC3)n(C(C)C)n1. The van der Waals surface area contributed by atoms with Gasteiger partial charge in [0.05, 0.1) is 18.3 Å². The number of aryl methyl sites for hydroxylation is 1. The van der Waals surface area contributed by atoms with Crippen molar-refractivity contribution in [2.24, 2.45) is 0 Å². The lowest BCUT2D eigenvalue weighted by molar-refractivity contribution is -0.140. The van der Waals surface area contributed by atoms with E-state index >= 15 is 0 Å². The second kappa shape index (κ2) is 8.72. The van der Waals surface area contributed by atoms with Crippen molar-refractivity contribution in [2.75, 3.05) is 26.2 Å². The van der Waals surface area contributed by atoms with Gasteiger partial charge >= 0.3 is 0 Å². The number of fused-ring (bicyclic) bond motifs is 3. The highest BCUT2D eigenvalue weighted by molar-refractivity contribution is 5.96. The summed E-state index contributed by atoms with van der Waals surface area (Å²) in [7, 11) is 0. The van der Waals surface area contributed by atoms with Crippen molar-refractivity contribution in [3.63, 3.8) is 0 Å². The third-order valence-electron chi connectivity index (χ3n) is 6.47. The number of imidazole rings is 1. The molecule has 11 nitrogen and oxygen atoms in total. The van der Waals surface area contributed by atoms with Gasteiger partial charge in [-0.1, -0.05) is 0 Å². The average molecular weight is 493 g/mol. The van der Waals surface area contributed by atoms with Crippen molar-refractivity contribution in [3.05, 3.63) is 30.0 Å². The first-order valence-corrected chi connectivity index (χ1v) is 12.3. The molecule has 0 saturated carbocycles. The van der Waals surface area contributed by atoms with Crippen LogP contribution in [-0.2, 0) is 11.3 Å². The summed E-state index contributed by atoms with van der Waals surface area (Å²) in [5.41, 5.74) is 1.37. The Morgan fingerprint density at radius 2 is 1.89 bits per heavy atom. The van der Waals surface area contributed by atoms with Gasteiger partial charge in [0.15, 0.2) is 5.82 Å². The molecule has 5 heterocycles. The molecule has 1 saturated heterocycles. The molecule has 5 rings (SSSR count). The maximum atomic E-state index is 13.3. The third kappa shape index (κ3) is 4.22. The molecule has 0 bridgehead atoms. The van der Waals surface area contributed by atoms with E-state index in [1.807, 2.05) is 48.0 Å². The van der Waals surface area contributed by atoms with Crippen molar-refractivity contribution in [1.29, 1.82) is 0 Å². The number of nitrogens with zero attached hydrogens (tertiary/aromatic N) is 8. The van der Waals surface area contributed by atoms with E-state index in [1.165, 1.54) is 0 Å². The molecule has 0 unspecified atom stereocenters. The normalized spacial score (nSPS) is 16.0. The molecule has 2 aliphatic rings. The van der Waals surface area contributed by atoms with Gasteiger partial charge in [-0.3, -0.25) is 9.59 Å². The molecule has 0 aromatic carbocycles. The first-order valence-electron chi connectivity index (χ1n) is 12.3. The number of aromatic nitrogens is 6. The van der Waals surface area contributed by atoms with E-state index in [1.54, 1.807) is 17.2 Å². The van der Waals surface area contributed by atoms with Gasteiger partial charge in [0, 0.05) is 30.9 Å². The Balaban J connectivity index is 1.47. The maximum Gasteiger partial charge on any atom is 0.273 e. The van der Waals surface area contributed by atoms with E-state index in [2.05, 4.69) is 28.9 Å². The summed E-state index contributed by atoms with van der Waals surface area (Å²) in [5.74, 6) is 2.29. The van der Waals surface area contributed by atoms with Crippen LogP contribution in [-0.4, -0.2) is 82.7 Å². The quantitative estimate of drug-likeness (QED) is 0.552. The Kier molecular flexibility index (Phi) is 5.80. The van der Waals surface area contributed by atoms with Gasteiger partial charge in [0.1, 0.15) is 41.9 Å². The fraction of sp³-hybridized carbons (Fsp3) is 0.520. The monoisotopic (exact) mass is 492 g/mol. The predicted octanol–water partition coefficient (Wildman–Crippen LogP) is 2.57. The molecule has 2 aliphatic heterocycles. The minimum absolute atomic E-state index is 0.0361. The van der Waals surface area contributed by atoms with Gasteiger partial charge in [-0.25, -0.2) is 19.6 Å². The summed E-state index contributed by atoms with van der Waals surface area (Å²) < 4.78 is 9.78. The van der Waals surface area contributed by atoms with Gasteiger partial charge in [0.2, 0.25) is 5.91 Å². The summed E-state index contributed by atoms with van der Waals surface area (Å²) in [6.07, 6.45) is 3.52. The fourth-order valence-corrected chi connectivity index (χ4v) is 4.70. The van der Waals surface area contributed by atoms with Crippen LogP contribution in [0.2, 0.25) is 0 Å². The standard InChI is InChI=1S/C25H32N8O3/c1-15(2)33-23(27-16(3)29-33)19-13-30-9-10-36-20-12-26-18(11-17(20)22(30)28-19)24(35)31-7-8-32(21(34)14-31)25(4,5)6/h11-13,15H,7-10,14H2,1-6H3. The Labute approximate surface area is 210 Å². The smallest absolute Gasteiger partial charge is 0.273 e. The highest BCUT2D eigenvalue weighted by atomic mass is 16.5. The number of carbonyl (C=O) groups is 2. The lowest BCUT2D eigenvalue weighted by Gasteiger charge is -2.42. The van der Waals surface area contributed by atoms with Crippen LogP contribution in [0, 0.1) is 6.92 Å². The zero-order valence-electron chi connectivity index (χ0n) is 21.6. The molecule has 0 radical (unpaired) electrons. The highest BCUT2D eigenvalue weighted by Crippen LogP contribution is 2.34. The number of carbonyl (C=O) groups excluding carboxylic acids is 2. The second-order valence-electron chi connectivity index (χ2n) is 10.5. The highest BCUT2D eigenvalue weighted by Gasteiger charge is 2.34. The second-order valence-corrected chi connectivity index (χ2v) is 10.5. The van der Waals surface area contributed by atoms with Crippen LogP contribution in [0.5, 0.6) is 5.75 Å². The van der Waals surface area contributed by atoms with Crippen molar-refractivity contribution in [2.45, 2.75) is 59.7 Å². The van der Waals surface area contributed by atoms with Crippen LogP contribution in [0.25, 0.3) is 22.9 Å². The van der Waals surface area contributed by atoms with Crippen LogP contribution >= 0.6 is 0 Å². The topological polar surface area (TPSA) is 111 Å². The van der Waals surface area contributed by atoms with E-state index < -0.39 is 0 Å². The van der Waals surface area contributed by atoms with Gasteiger partial charge in [-0.2, -0.15) is 5.10 Å². The van der Waals surface area contributed by atoms with E-state index in [0.29, 0.717) is 60.7 Å². The van der Waals surface area contributed by atoms with Crippen LogP contribution in [0.15, 0.2) is 18.5 Å². The molecule has 1 fully saturated rings. The molecule has 11 heteroatoms. The number of hydrogen-bond acceptors (Lipinski definition) is 7.